The minimum atomic E-state index is 0.829. The monoisotopic (exact) mass is 305 g/mol. The molecule has 2 aromatic rings. The zero-order valence-corrected chi connectivity index (χ0v) is 13.2. The van der Waals surface area contributed by atoms with Gasteiger partial charge in [0.05, 0.1) is 17.3 Å². The summed E-state index contributed by atoms with van der Waals surface area (Å²) in [5.41, 5.74) is 1.13. The van der Waals surface area contributed by atoms with Crippen molar-refractivity contribution in [3.63, 3.8) is 0 Å². The molecule has 2 heterocycles. The zero-order chi connectivity index (χ0) is 14.8. The Kier molecular flexibility index (Phi) is 4.12. The third-order valence-corrected chi connectivity index (χ3v) is 4.43. The first kappa shape index (κ1) is 14.4. The topological polar surface area (TPSA) is 37.2 Å². The number of aromatic nitrogens is 3. The van der Waals surface area contributed by atoms with Gasteiger partial charge in [-0.2, -0.15) is 0 Å². The van der Waals surface area contributed by atoms with Gasteiger partial charge in [-0.25, -0.2) is 0 Å². The zero-order valence-electron chi connectivity index (χ0n) is 12.5. The van der Waals surface area contributed by atoms with E-state index >= 15 is 0 Å². The van der Waals surface area contributed by atoms with Gasteiger partial charge < -0.3 is 9.47 Å². The van der Waals surface area contributed by atoms with Gasteiger partial charge in [-0.05, 0) is 19.1 Å². The van der Waals surface area contributed by atoms with Crippen LogP contribution in [-0.4, -0.2) is 45.8 Å². The Bertz CT molecular complexity index is 616. The molecule has 1 aromatic carbocycles. The number of halogens is 1. The van der Waals surface area contributed by atoms with Gasteiger partial charge in [0.15, 0.2) is 0 Å². The first-order chi connectivity index (χ1) is 10.1. The van der Waals surface area contributed by atoms with Gasteiger partial charge in [0.2, 0.25) is 0 Å². The molecule has 6 heteroatoms. The Morgan fingerprint density at radius 1 is 1.10 bits per heavy atom. The number of hydrogen-bond donors (Lipinski definition) is 0. The predicted molar refractivity (Wildman–Crippen MR) is 84.7 cm³/mol. The van der Waals surface area contributed by atoms with Gasteiger partial charge in [-0.3, -0.25) is 4.90 Å². The number of rotatable bonds is 3. The largest absolute Gasteiger partial charge is 0.368 e. The summed E-state index contributed by atoms with van der Waals surface area (Å²) in [6, 6.07) is 8.05. The van der Waals surface area contributed by atoms with Gasteiger partial charge in [0.25, 0.3) is 0 Å². The molecule has 21 heavy (non-hydrogen) atoms. The highest BCUT2D eigenvalue weighted by molar-refractivity contribution is 6.33. The summed E-state index contributed by atoms with van der Waals surface area (Å²) in [5, 5.41) is 9.18. The molecule has 1 fully saturated rings. The van der Waals surface area contributed by atoms with Gasteiger partial charge in [0, 0.05) is 33.2 Å². The number of hydrogen-bond acceptors (Lipinski definition) is 4. The minimum Gasteiger partial charge on any atom is -0.368 e. The molecule has 112 valence electrons. The minimum absolute atomic E-state index is 0.829. The molecule has 0 atom stereocenters. The maximum atomic E-state index is 6.27. The molecule has 0 spiro atoms. The summed E-state index contributed by atoms with van der Waals surface area (Å²) in [6.07, 6.45) is 0. The summed E-state index contributed by atoms with van der Waals surface area (Å²) in [5.74, 6) is 1.98. The van der Waals surface area contributed by atoms with E-state index in [1.807, 2.05) is 32.2 Å². The van der Waals surface area contributed by atoms with Crippen LogP contribution in [0.5, 0.6) is 0 Å². The van der Waals surface area contributed by atoms with Crippen molar-refractivity contribution >= 4 is 17.3 Å². The molecule has 1 aromatic heterocycles. The van der Waals surface area contributed by atoms with Crippen LogP contribution in [0.2, 0.25) is 5.02 Å². The second-order valence-corrected chi connectivity index (χ2v) is 5.84. The Labute approximate surface area is 130 Å². The molecular weight excluding hydrogens is 286 g/mol. The van der Waals surface area contributed by atoms with Crippen LogP contribution in [0.1, 0.15) is 11.6 Å². The molecule has 5 nitrogen and oxygen atoms in total. The molecule has 0 radical (unpaired) electrons. The lowest BCUT2D eigenvalue weighted by molar-refractivity contribution is 0.241. The first-order valence-electron chi connectivity index (χ1n) is 7.22. The Morgan fingerprint density at radius 2 is 1.81 bits per heavy atom. The summed E-state index contributed by atoms with van der Waals surface area (Å²) in [6.45, 7) is 6.83. The molecule has 1 aliphatic rings. The van der Waals surface area contributed by atoms with Crippen LogP contribution in [0.15, 0.2) is 24.3 Å². The predicted octanol–water partition coefficient (Wildman–Crippen LogP) is 2.10. The standard InChI is InChI=1S/C15H20ClN5/c1-12-17-18-15(19(12)2)11-20-7-9-21(10-8-20)14-6-4-3-5-13(14)16/h3-6H,7-11H2,1-2H3. The van der Waals surface area contributed by atoms with E-state index in [9.17, 15) is 0 Å². The van der Waals surface area contributed by atoms with E-state index in [1.165, 1.54) is 0 Å². The number of anilines is 1. The smallest absolute Gasteiger partial charge is 0.146 e. The van der Waals surface area contributed by atoms with Crippen LogP contribution in [-0.2, 0) is 13.6 Å². The van der Waals surface area contributed by atoms with Crippen molar-refractivity contribution < 1.29 is 0 Å². The molecule has 0 unspecified atom stereocenters. The highest BCUT2D eigenvalue weighted by Gasteiger charge is 2.20. The summed E-state index contributed by atoms with van der Waals surface area (Å²) in [7, 11) is 2.02. The van der Waals surface area contributed by atoms with E-state index in [0.29, 0.717) is 0 Å². The average molecular weight is 306 g/mol. The van der Waals surface area contributed by atoms with Crippen molar-refractivity contribution in [1.29, 1.82) is 0 Å². The number of para-hydroxylation sites is 1. The fourth-order valence-electron chi connectivity index (χ4n) is 2.64. The van der Waals surface area contributed by atoms with Gasteiger partial charge in [-0.15, -0.1) is 10.2 Å². The van der Waals surface area contributed by atoms with E-state index in [4.69, 9.17) is 11.6 Å². The lowest BCUT2D eigenvalue weighted by Gasteiger charge is -2.36. The highest BCUT2D eigenvalue weighted by Crippen LogP contribution is 2.26. The van der Waals surface area contributed by atoms with Crippen molar-refractivity contribution in [1.82, 2.24) is 19.7 Å². The van der Waals surface area contributed by atoms with Crippen LogP contribution in [0.3, 0.4) is 0 Å². The first-order valence-corrected chi connectivity index (χ1v) is 7.59. The molecular formula is C15H20ClN5. The number of aryl methyl sites for hydroxylation is 1. The maximum absolute atomic E-state index is 6.27. The Morgan fingerprint density at radius 3 is 2.43 bits per heavy atom. The summed E-state index contributed by atoms with van der Waals surface area (Å²) < 4.78 is 2.06. The fraction of sp³-hybridized carbons (Fsp3) is 0.467. The highest BCUT2D eigenvalue weighted by atomic mass is 35.5. The normalized spacial score (nSPS) is 16.4. The van der Waals surface area contributed by atoms with E-state index in [2.05, 4.69) is 30.6 Å². The summed E-state index contributed by atoms with van der Waals surface area (Å²) >= 11 is 6.27. The number of benzene rings is 1. The van der Waals surface area contributed by atoms with E-state index in [-0.39, 0.29) is 0 Å². The van der Waals surface area contributed by atoms with Crippen molar-refractivity contribution in [3.05, 3.63) is 40.9 Å². The molecule has 0 aliphatic carbocycles. The van der Waals surface area contributed by atoms with E-state index < -0.39 is 0 Å². The molecule has 0 bridgehead atoms. The molecule has 0 saturated carbocycles. The lowest BCUT2D eigenvalue weighted by atomic mass is 10.2. The van der Waals surface area contributed by atoms with E-state index in [1.54, 1.807) is 0 Å². The molecule has 3 rings (SSSR count). The van der Waals surface area contributed by atoms with Gasteiger partial charge >= 0.3 is 0 Å². The van der Waals surface area contributed by atoms with Crippen molar-refractivity contribution in [2.24, 2.45) is 7.05 Å². The van der Waals surface area contributed by atoms with Crippen LogP contribution in [0.25, 0.3) is 0 Å². The van der Waals surface area contributed by atoms with Crippen LogP contribution < -0.4 is 4.90 Å². The molecule has 1 saturated heterocycles. The quantitative estimate of drug-likeness (QED) is 0.870. The lowest BCUT2D eigenvalue weighted by Crippen LogP contribution is -2.46. The van der Waals surface area contributed by atoms with E-state index in [0.717, 1.165) is 55.1 Å². The van der Waals surface area contributed by atoms with Crippen molar-refractivity contribution in [3.8, 4) is 0 Å². The Balaban J connectivity index is 1.61. The van der Waals surface area contributed by atoms with Crippen molar-refractivity contribution in [2.75, 3.05) is 31.1 Å². The number of piperazine rings is 1. The fourth-order valence-corrected chi connectivity index (χ4v) is 2.90. The third-order valence-electron chi connectivity index (χ3n) is 4.11. The molecule has 0 N–H and O–H groups in total. The van der Waals surface area contributed by atoms with Gasteiger partial charge in [-0.1, -0.05) is 23.7 Å². The average Bonchev–Trinajstić information content (AvgIpc) is 2.81. The third kappa shape index (κ3) is 3.04. The van der Waals surface area contributed by atoms with Crippen LogP contribution in [0.4, 0.5) is 5.69 Å². The SMILES string of the molecule is Cc1nnc(CN2CCN(c3ccccc3Cl)CC2)n1C. The van der Waals surface area contributed by atoms with Gasteiger partial charge in [0.1, 0.15) is 11.6 Å². The molecule has 0 amide bonds. The summed E-state index contributed by atoms with van der Waals surface area (Å²) in [4.78, 5) is 4.76. The number of nitrogens with zero attached hydrogens (tertiary/aromatic N) is 5. The van der Waals surface area contributed by atoms with Crippen LogP contribution >= 0.6 is 11.6 Å². The second-order valence-electron chi connectivity index (χ2n) is 5.44. The van der Waals surface area contributed by atoms with Crippen LogP contribution in [0, 0.1) is 6.92 Å². The maximum Gasteiger partial charge on any atom is 0.146 e. The molecule has 1 aliphatic heterocycles. The van der Waals surface area contributed by atoms with Crippen molar-refractivity contribution in [2.45, 2.75) is 13.5 Å². The second kappa shape index (κ2) is 6.03. The Hall–Kier alpha value is -1.59.